The molecule has 2 atom stereocenters. The van der Waals surface area contributed by atoms with Crippen molar-refractivity contribution < 1.29 is 14.7 Å². The van der Waals surface area contributed by atoms with E-state index >= 15 is 0 Å². The summed E-state index contributed by atoms with van der Waals surface area (Å²) in [6.45, 7) is 5.56. The molecule has 0 aliphatic carbocycles. The lowest BCUT2D eigenvalue weighted by molar-refractivity contribution is -0.138. The molecule has 2 amide bonds. The SMILES string of the molecule is CCC(C)N(CC(=O)O)C(=O)N1c2ccccc2CC1C. The zero-order chi connectivity index (χ0) is 15.6. The van der Waals surface area contributed by atoms with E-state index in [2.05, 4.69) is 0 Å². The van der Waals surface area contributed by atoms with Crippen LogP contribution in [0.3, 0.4) is 0 Å². The number of carbonyl (C=O) groups excluding carboxylic acids is 1. The number of nitrogens with zero attached hydrogens (tertiary/aromatic N) is 2. The number of aliphatic carboxylic acids is 1. The van der Waals surface area contributed by atoms with Gasteiger partial charge in [0.15, 0.2) is 0 Å². The molecule has 1 heterocycles. The Morgan fingerprint density at radius 1 is 1.43 bits per heavy atom. The first-order valence-corrected chi connectivity index (χ1v) is 7.35. The van der Waals surface area contributed by atoms with E-state index in [1.165, 1.54) is 4.90 Å². The predicted octanol–water partition coefficient (Wildman–Crippen LogP) is 2.74. The average molecular weight is 290 g/mol. The van der Waals surface area contributed by atoms with Crippen LogP contribution in [0.5, 0.6) is 0 Å². The fraction of sp³-hybridized carbons (Fsp3) is 0.500. The number of carbonyl (C=O) groups is 2. The molecule has 0 spiro atoms. The lowest BCUT2D eigenvalue weighted by Crippen LogP contribution is -2.51. The maximum atomic E-state index is 12.8. The Morgan fingerprint density at radius 2 is 2.10 bits per heavy atom. The van der Waals surface area contributed by atoms with Gasteiger partial charge in [0.2, 0.25) is 0 Å². The maximum Gasteiger partial charge on any atom is 0.325 e. The summed E-state index contributed by atoms with van der Waals surface area (Å²) in [6.07, 6.45) is 1.53. The Balaban J connectivity index is 2.30. The first kappa shape index (κ1) is 15.4. The van der Waals surface area contributed by atoms with E-state index in [0.717, 1.165) is 24.1 Å². The quantitative estimate of drug-likeness (QED) is 0.927. The van der Waals surface area contributed by atoms with E-state index < -0.39 is 5.97 Å². The summed E-state index contributed by atoms with van der Waals surface area (Å²) >= 11 is 0. The molecular formula is C16H22N2O3. The van der Waals surface area contributed by atoms with Crippen molar-refractivity contribution in [2.24, 2.45) is 0 Å². The lowest BCUT2D eigenvalue weighted by atomic mass is 10.1. The van der Waals surface area contributed by atoms with E-state index in [1.807, 2.05) is 45.0 Å². The molecule has 2 unspecified atom stereocenters. The van der Waals surface area contributed by atoms with Crippen molar-refractivity contribution in [2.75, 3.05) is 11.4 Å². The lowest BCUT2D eigenvalue weighted by Gasteiger charge is -2.33. The summed E-state index contributed by atoms with van der Waals surface area (Å²) in [5.41, 5.74) is 2.03. The van der Waals surface area contributed by atoms with Gasteiger partial charge in [0.05, 0.1) is 0 Å². The highest BCUT2D eigenvalue weighted by atomic mass is 16.4. The fourth-order valence-corrected chi connectivity index (χ4v) is 2.77. The molecule has 21 heavy (non-hydrogen) atoms. The number of rotatable bonds is 4. The highest BCUT2D eigenvalue weighted by molar-refractivity contribution is 5.96. The number of hydrogen-bond acceptors (Lipinski definition) is 2. The summed E-state index contributed by atoms with van der Waals surface area (Å²) in [4.78, 5) is 27.1. The van der Waals surface area contributed by atoms with Crippen LogP contribution in [-0.2, 0) is 11.2 Å². The van der Waals surface area contributed by atoms with Gasteiger partial charge in [-0.2, -0.15) is 0 Å². The summed E-state index contributed by atoms with van der Waals surface area (Å²) in [5, 5.41) is 9.07. The molecule has 1 aromatic carbocycles. The number of anilines is 1. The number of hydrogen-bond donors (Lipinski definition) is 1. The minimum absolute atomic E-state index is 0.0512. The standard InChI is InChI=1S/C16H22N2O3/c1-4-11(2)17(10-15(19)20)16(21)18-12(3)9-13-7-5-6-8-14(13)18/h5-8,11-12H,4,9-10H2,1-3H3,(H,19,20). The Morgan fingerprint density at radius 3 is 2.71 bits per heavy atom. The second kappa shape index (κ2) is 6.16. The number of carboxylic acids is 1. The van der Waals surface area contributed by atoms with Crippen LogP contribution in [0.15, 0.2) is 24.3 Å². The average Bonchev–Trinajstić information content (AvgIpc) is 2.78. The van der Waals surface area contributed by atoms with Crippen LogP contribution in [0, 0.1) is 0 Å². The zero-order valence-electron chi connectivity index (χ0n) is 12.7. The first-order chi connectivity index (χ1) is 9.95. The Labute approximate surface area is 125 Å². The molecule has 0 radical (unpaired) electrons. The van der Waals surface area contributed by atoms with Crippen molar-refractivity contribution in [3.63, 3.8) is 0 Å². The van der Waals surface area contributed by atoms with E-state index in [1.54, 1.807) is 4.90 Å². The molecular weight excluding hydrogens is 268 g/mol. The largest absolute Gasteiger partial charge is 0.480 e. The van der Waals surface area contributed by atoms with Gasteiger partial charge in [-0.1, -0.05) is 25.1 Å². The van der Waals surface area contributed by atoms with Gasteiger partial charge in [-0.15, -0.1) is 0 Å². The van der Waals surface area contributed by atoms with Crippen molar-refractivity contribution in [3.8, 4) is 0 Å². The molecule has 114 valence electrons. The van der Waals surface area contributed by atoms with Crippen molar-refractivity contribution in [2.45, 2.75) is 45.7 Å². The third-order valence-corrected chi connectivity index (χ3v) is 4.09. The Hall–Kier alpha value is -2.04. The molecule has 2 rings (SSSR count). The molecule has 1 aliphatic heterocycles. The van der Waals surface area contributed by atoms with E-state index in [0.29, 0.717) is 0 Å². The minimum Gasteiger partial charge on any atom is -0.480 e. The van der Waals surface area contributed by atoms with Gasteiger partial charge in [0.1, 0.15) is 6.54 Å². The van der Waals surface area contributed by atoms with Crippen LogP contribution in [0.2, 0.25) is 0 Å². The zero-order valence-corrected chi connectivity index (χ0v) is 12.7. The fourth-order valence-electron chi connectivity index (χ4n) is 2.77. The van der Waals surface area contributed by atoms with Crippen LogP contribution >= 0.6 is 0 Å². The van der Waals surface area contributed by atoms with Gasteiger partial charge in [-0.05, 0) is 38.3 Å². The third kappa shape index (κ3) is 3.01. The number of urea groups is 1. The molecule has 1 N–H and O–H groups in total. The van der Waals surface area contributed by atoms with Crippen LogP contribution in [-0.4, -0.2) is 40.6 Å². The second-order valence-corrected chi connectivity index (χ2v) is 5.61. The molecule has 0 saturated carbocycles. The maximum absolute atomic E-state index is 12.8. The summed E-state index contributed by atoms with van der Waals surface area (Å²) < 4.78 is 0. The van der Waals surface area contributed by atoms with Crippen LogP contribution in [0.1, 0.15) is 32.8 Å². The summed E-state index contributed by atoms with van der Waals surface area (Å²) in [6, 6.07) is 7.54. The molecule has 1 aromatic rings. The third-order valence-electron chi connectivity index (χ3n) is 4.09. The Kier molecular flexibility index (Phi) is 4.50. The molecule has 0 saturated heterocycles. The number of amides is 2. The summed E-state index contributed by atoms with van der Waals surface area (Å²) in [5.74, 6) is -0.983. The molecule has 0 bridgehead atoms. The van der Waals surface area contributed by atoms with Gasteiger partial charge < -0.3 is 10.0 Å². The highest BCUT2D eigenvalue weighted by Gasteiger charge is 2.35. The Bertz CT molecular complexity index is 544. The van der Waals surface area contributed by atoms with Crippen LogP contribution < -0.4 is 4.90 Å². The topological polar surface area (TPSA) is 60.9 Å². The minimum atomic E-state index is -0.983. The molecule has 0 fully saturated rings. The molecule has 5 heteroatoms. The smallest absolute Gasteiger partial charge is 0.325 e. The monoisotopic (exact) mass is 290 g/mol. The number of carboxylic acid groups (broad SMARTS) is 1. The number of para-hydroxylation sites is 1. The first-order valence-electron chi connectivity index (χ1n) is 7.35. The van der Waals surface area contributed by atoms with E-state index in [9.17, 15) is 9.59 Å². The van der Waals surface area contributed by atoms with Gasteiger partial charge in [-0.3, -0.25) is 9.69 Å². The van der Waals surface area contributed by atoms with Crippen molar-refractivity contribution in [1.82, 2.24) is 4.90 Å². The van der Waals surface area contributed by atoms with Gasteiger partial charge in [-0.25, -0.2) is 4.79 Å². The molecule has 0 aromatic heterocycles. The van der Waals surface area contributed by atoms with Crippen molar-refractivity contribution >= 4 is 17.7 Å². The predicted molar refractivity (Wildman–Crippen MR) is 81.6 cm³/mol. The van der Waals surface area contributed by atoms with Crippen molar-refractivity contribution in [3.05, 3.63) is 29.8 Å². The number of fused-ring (bicyclic) bond motifs is 1. The molecule has 1 aliphatic rings. The normalized spacial score (nSPS) is 18.2. The van der Waals surface area contributed by atoms with Crippen LogP contribution in [0.25, 0.3) is 0 Å². The van der Waals surface area contributed by atoms with Crippen LogP contribution in [0.4, 0.5) is 10.5 Å². The second-order valence-electron chi connectivity index (χ2n) is 5.61. The van der Waals surface area contributed by atoms with Crippen molar-refractivity contribution in [1.29, 1.82) is 0 Å². The highest BCUT2D eigenvalue weighted by Crippen LogP contribution is 2.33. The summed E-state index contributed by atoms with van der Waals surface area (Å²) in [7, 11) is 0. The van der Waals surface area contributed by atoms with E-state index in [4.69, 9.17) is 5.11 Å². The number of benzene rings is 1. The van der Waals surface area contributed by atoms with Gasteiger partial charge in [0.25, 0.3) is 0 Å². The van der Waals surface area contributed by atoms with E-state index in [-0.39, 0.29) is 24.7 Å². The van der Waals surface area contributed by atoms with Gasteiger partial charge in [0, 0.05) is 17.8 Å². The van der Waals surface area contributed by atoms with Gasteiger partial charge >= 0.3 is 12.0 Å². The molecule has 5 nitrogen and oxygen atoms in total.